The number of aromatic nitrogens is 3. The van der Waals surface area contributed by atoms with Gasteiger partial charge in [-0.15, -0.1) is 0 Å². The molecule has 0 unspecified atom stereocenters. The highest BCUT2D eigenvalue weighted by Crippen LogP contribution is 2.41. The molecule has 11 aromatic rings. The van der Waals surface area contributed by atoms with Crippen molar-refractivity contribution in [1.82, 2.24) is 14.1 Å². The Kier molecular flexibility index (Phi) is 6.25. The van der Waals surface area contributed by atoms with Crippen molar-refractivity contribution in [3.8, 4) is 33.8 Å². The molecule has 8 aromatic carbocycles. The Balaban J connectivity index is 1.15. The Morgan fingerprint density at radius 1 is 0.288 bits per heavy atom. The van der Waals surface area contributed by atoms with Crippen molar-refractivity contribution in [3.05, 3.63) is 188 Å². The van der Waals surface area contributed by atoms with E-state index in [1.807, 2.05) is 0 Å². The van der Waals surface area contributed by atoms with Crippen LogP contribution in [0.5, 0.6) is 0 Å². The largest absolute Gasteiger partial charge is 0.309 e. The van der Waals surface area contributed by atoms with E-state index in [-0.39, 0.29) is 0 Å². The molecule has 0 saturated heterocycles. The summed E-state index contributed by atoms with van der Waals surface area (Å²) in [5, 5.41) is 8.51. The van der Waals surface area contributed by atoms with Crippen molar-refractivity contribution in [2.45, 2.75) is 0 Å². The third kappa shape index (κ3) is 4.30. The zero-order chi connectivity index (χ0) is 34.2. The van der Waals surface area contributed by atoms with E-state index in [2.05, 4.69) is 197 Å². The number of pyridine rings is 1. The highest BCUT2D eigenvalue weighted by atomic mass is 15.0. The number of benzene rings is 8. The van der Waals surface area contributed by atoms with E-state index in [4.69, 9.17) is 4.98 Å². The minimum Gasteiger partial charge on any atom is -0.309 e. The van der Waals surface area contributed by atoms with Gasteiger partial charge in [-0.1, -0.05) is 121 Å². The van der Waals surface area contributed by atoms with Crippen molar-refractivity contribution in [2.75, 3.05) is 0 Å². The third-order valence-electron chi connectivity index (χ3n) is 10.7. The van der Waals surface area contributed by atoms with Gasteiger partial charge in [-0.05, 0) is 83.2 Å². The molecule has 0 aliphatic rings. The lowest BCUT2D eigenvalue weighted by molar-refractivity contribution is 1.18. The molecular formula is C49H31N3. The lowest BCUT2D eigenvalue weighted by Gasteiger charge is -2.13. The Hall–Kier alpha value is -6.97. The normalized spacial score (nSPS) is 11.8. The molecule has 3 aromatic heterocycles. The molecular weight excluding hydrogens is 631 g/mol. The van der Waals surface area contributed by atoms with E-state index >= 15 is 0 Å². The van der Waals surface area contributed by atoms with Crippen LogP contribution in [-0.2, 0) is 0 Å². The van der Waals surface area contributed by atoms with E-state index in [0.29, 0.717) is 0 Å². The summed E-state index contributed by atoms with van der Waals surface area (Å²) in [4.78, 5) is 5.25. The van der Waals surface area contributed by atoms with Crippen LogP contribution in [0.15, 0.2) is 188 Å². The Morgan fingerprint density at radius 3 is 1.62 bits per heavy atom. The Labute approximate surface area is 300 Å². The maximum Gasteiger partial charge on any atom is 0.0788 e. The van der Waals surface area contributed by atoms with E-state index in [1.165, 1.54) is 71.2 Å². The van der Waals surface area contributed by atoms with Crippen LogP contribution in [0.25, 0.3) is 99.0 Å². The molecule has 11 rings (SSSR count). The number of nitrogens with zero attached hydrogens (tertiary/aromatic N) is 3. The third-order valence-corrected chi connectivity index (χ3v) is 10.7. The quantitative estimate of drug-likeness (QED) is 0.172. The minimum atomic E-state index is 1.00. The molecule has 52 heavy (non-hydrogen) atoms. The van der Waals surface area contributed by atoms with Gasteiger partial charge >= 0.3 is 0 Å². The topological polar surface area (TPSA) is 22.8 Å². The van der Waals surface area contributed by atoms with Gasteiger partial charge in [0.15, 0.2) is 0 Å². The van der Waals surface area contributed by atoms with Crippen LogP contribution in [0.3, 0.4) is 0 Å². The number of para-hydroxylation sites is 4. The molecule has 0 spiro atoms. The summed E-state index contributed by atoms with van der Waals surface area (Å²) < 4.78 is 4.80. The fourth-order valence-electron chi connectivity index (χ4n) is 8.34. The van der Waals surface area contributed by atoms with Crippen molar-refractivity contribution in [2.24, 2.45) is 0 Å². The summed E-state index contributed by atoms with van der Waals surface area (Å²) in [6, 6.07) is 67.9. The summed E-state index contributed by atoms with van der Waals surface area (Å²) in [6.07, 6.45) is 0. The highest BCUT2D eigenvalue weighted by molar-refractivity contribution is 6.20. The van der Waals surface area contributed by atoms with Gasteiger partial charge in [-0.3, -0.25) is 0 Å². The monoisotopic (exact) mass is 661 g/mol. The van der Waals surface area contributed by atoms with Crippen LogP contribution < -0.4 is 0 Å². The van der Waals surface area contributed by atoms with Crippen molar-refractivity contribution in [3.63, 3.8) is 0 Å². The average molecular weight is 662 g/mol. The molecule has 0 fully saturated rings. The lowest BCUT2D eigenvalue weighted by Crippen LogP contribution is -1.95. The van der Waals surface area contributed by atoms with Crippen molar-refractivity contribution in [1.29, 1.82) is 0 Å². The van der Waals surface area contributed by atoms with Gasteiger partial charge in [0.05, 0.1) is 33.3 Å². The number of hydrogen-bond acceptors (Lipinski definition) is 1. The maximum atomic E-state index is 5.25. The van der Waals surface area contributed by atoms with E-state index in [0.717, 1.165) is 27.8 Å². The van der Waals surface area contributed by atoms with Crippen LogP contribution in [0.4, 0.5) is 0 Å². The van der Waals surface area contributed by atoms with Crippen LogP contribution >= 0.6 is 0 Å². The average Bonchev–Trinajstić information content (AvgIpc) is 3.72. The number of rotatable bonds is 4. The first-order valence-corrected chi connectivity index (χ1v) is 17.8. The van der Waals surface area contributed by atoms with E-state index < -0.39 is 0 Å². The Morgan fingerprint density at radius 2 is 0.846 bits per heavy atom. The molecule has 0 aliphatic carbocycles. The summed E-state index contributed by atoms with van der Waals surface area (Å²) in [6.45, 7) is 0. The molecule has 0 amide bonds. The zero-order valence-corrected chi connectivity index (χ0v) is 28.2. The van der Waals surface area contributed by atoms with Gasteiger partial charge < -0.3 is 9.13 Å². The molecule has 0 aliphatic heterocycles. The van der Waals surface area contributed by atoms with Crippen LogP contribution in [0, 0.1) is 0 Å². The van der Waals surface area contributed by atoms with E-state index in [9.17, 15) is 0 Å². The van der Waals surface area contributed by atoms with Crippen LogP contribution in [0.1, 0.15) is 0 Å². The van der Waals surface area contributed by atoms with Crippen LogP contribution in [0.2, 0.25) is 0 Å². The molecule has 0 N–H and O–H groups in total. The first kappa shape index (κ1) is 28.8. The number of fused-ring (bicyclic) bond motifs is 9. The second-order valence-electron chi connectivity index (χ2n) is 13.6. The second-order valence-corrected chi connectivity index (χ2v) is 13.6. The summed E-state index contributed by atoms with van der Waals surface area (Å²) in [5.41, 5.74) is 12.6. The van der Waals surface area contributed by atoms with Crippen molar-refractivity contribution >= 4 is 65.3 Å². The van der Waals surface area contributed by atoms with Gasteiger partial charge in [0.1, 0.15) is 0 Å². The predicted octanol–water partition coefficient (Wildman–Crippen LogP) is 12.9. The Bertz CT molecular complexity index is 3170. The fraction of sp³-hybridized carbons (Fsp3) is 0. The summed E-state index contributed by atoms with van der Waals surface area (Å²) in [5.74, 6) is 0. The second kappa shape index (κ2) is 11.3. The SMILES string of the molecule is c1ccc(-c2nc3ccccc3c3cc4c5ccccc5n(-c5cccc(-c6ccc7c(c6)c6ccccc6n7-c6ccccc6)c5)c4cc23)cc1. The molecule has 3 heterocycles. The van der Waals surface area contributed by atoms with E-state index in [1.54, 1.807) is 0 Å². The standard InChI is InChI=1S/C49H31N3/c1-3-14-32(15-4-1)49-43-31-48-42(30-40(43)37-20-7-10-23-44(37)50-49)39-22-9-12-25-46(39)52(48)36-19-13-16-33(28-36)34-26-27-47-41(29-34)38-21-8-11-24-45(38)51(47)35-17-5-2-6-18-35/h1-31H. The minimum absolute atomic E-state index is 1.00. The van der Waals surface area contributed by atoms with Gasteiger partial charge in [-0.2, -0.15) is 0 Å². The molecule has 0 atom stereocenters. The van der Waals surface area contributed by atoms with Gasteiger partial charge in [0.25, 0.3) is 0 Å². The maximum absolute atomic E-state index is 5.25. The predicted molar refractivity (Wildman–Crippen MR) is 219 cm³/mol. The lowest BCUT2D eigenvalue weighted by atomic mass is 9.98. The summed E-state index contributed by atoms with van der Waals surface area (Å²) >= 11 is 0. The molecule has 3 heteroatoms. The number of hydrogen-bond donors (Lipinski definition) is 0. The first-order chi connectivity index (χ1) is 25.8. The van der Waals surface area contributed by atoms with Gasteiger partial charge in [0.2, 0.25) is 0 Å². The smallest absolute Gasteiger partial charge is 0.0788 e. The van der Waals surface area contributed by atoms with Gasteiger partial charge in [-0.25, -0.2) is 4.98 Å². The van der Waals surface area contributed by atoms with Crippen LogP contribution in [-0.4, -0.2) is 14.1 Å². The highest BCUT2D eigenvalue weighted by Gasteiger charge is 2.18. The fourth-order valence-corrected chi connectivity index (χ4v) is 8.34. The van der Waals surface area contributed by atoms with Gasteiger partial charge in [0, 0.05) is 49.3 Å². The molecule has 0 bridgehead atoms. The first-order valence-electron chi connectivity index (χ1n) is 17.8. The molecule has 3 nitrogen and oxygen atoms in total. The molecule has 0 saturated carbocycles. The molecule has 0 radical (unpaired) electrons. The molecule has 242 valence electrons. The zero-order valence-electron chi connectivity index (χ0n) is 28.2. The summed E-state index contributed by atoms with van der Waals surface area (Å²) in [7, 11) is 0. The van der Waals surface area contributed by atoms with Crippen molar-refractivity contribution < 1.29 is 0 Å².